The molecule has 0 heterocycles. The lowest BCUT2D eigenvalue weighted by molar-refractivity contribution is -0.137. The minimum Gasteiger partial charge on any atom is -0.454 e. The highest BCUT2D eigenvalue weighted by atomic mass is 19.4. The first-order valence-electron chi connectivity index (χ1n) is 9.88. The third-order valence-corrected chi connectivity index (χ3v) is 5.28. The fourth-order valence-corrected chi connectivity index (χ4v) is 3.37. The van der Waals surface area contributed by atoms with Crippen molar-refractivity contribution in [1.29, 1.82) is 0 Å². The molecule has 1 nitrogen and oxygen atoms in total. The maximum atomic E-state index is 14.1. The Morgan fingerprint density at radius 1 is 0.903 bits per heavy atom. The lowest BCUT2D eigenvalue weighted by Crippen LogP contribution is -2.20. The molecule has 0 saturated heterocycles. The fraction of sp³-hybridized carbons (Fsp3) is 0.231. The molecule has 31 heavy (non-hydrogen) atoms. The quantitative estimate of drug-likeness (QED) is 0.280. The van der Waals surface area contributed by atoms with Gasteiger partial charge in [-0.1, -0.05) is 42.3 Å². The van der Waals surface area contributed by atoms with Gasteiger partial charge in [-0.25, -0.2) is 4.39 Å². The maximum Gasteiger partial charge on any atom is 0.416 e. The second-order valence-corrected chi connectivity index (χ2v) is 7.58. The van der Waals surface area contributed by atoms with Crippen LogP contribution in [0.5, 0.6) is 11.5 Å². The summed E-state index contributed by atoms with van der Waals surface area (Å²) in [4.78, 5) is 0. The number of alkyl halides is 3. The van der Waals surface area contributed by atoms with Gasteiger partial charge < -0.3 is 4.74 Å². The summed E-state index contributed by atoms with van der Waals surface area (Å²) in [5.41, 5.74) is 0.148. The van der Waals surface area contributed by atoms with Crippen LogP contribution in [-0.2, 0) is 18.0 Å². The number of benzene rings is 3. The Bertz CT molecular complexity index is 1050. The Balaban J connectivity index is 1.67. The monoisotopic (exact) mass is 426 g/mol. The van der Waals surface area contributed by atoms with Crippen LogP contribution >= 0.6 is 0 Å². The van der Waals surface area contributed by atoms with Crippen LogP contribution in [0.3, 0.4) is 0 Å². The summed E-state index contributed by atoms with van der Waals surface area (Å²) >= 11 is 0. The summed E-state index contributed by atoms with van der Waals surface area (Å²) in [5.74, 6) is 2.96. The predicted molar refractivity (Wildman–Crippen MR) is 113 cm³/mol. The second kappa shape index (κ2) is 9.26. The van der Waals surface area contributed by atoms with E-state index in [1.165, 1.54) is 18.2 Å². The standard InChI is InChI=1S/C26H22F4O/c1-3-25(2,20-12-14-21(15-13-20)26(28,29)30)17-7-8-19-11-16-23(27)24(18-19)31-22-9-5-4-6-10-22/h1,4-6,9-16,18H,7-8,17H2,2H3. The van der Waals surface area contributed by atoms with Crippen LogP contribution in [0.15, 0.2) is 72.8 Å². The van der Waals surface area contributed by atoms with E-state index in [1.54, 1.807) is 36.4 Å². The van der Waals surface area contributed by atoms with Gasteiger partial charge in [0.15, 0.2) is 11.6 Å². The highest BCUT2D eigenvalue weighted by Crippen LogP contribution is 2.34. The van der Waals surface area contributed by atoms with Crippen LogP contribution < -0.4 is 4.74 Å². The van der Waals surface area contributed by atoms with Crippen LogP contribution in [-0.4, -0.2) is 0 Å². The second-order valence-electron chi connectivity index (χ2n) is 7.58. The first kappa shape index (κ1) is 22.4. The Labute approximate surface area is 179 Å². The zero-order valence-electron chi connectivity index (χ0n) is 17.0. The molecule has 0 bridgehead atoms. The van der Waals surface area contributed by atoms with Gasteiger partial charge in [-0.2, -0.15) is 13.2 Å². The number of halogens is 4. The van der Waals surface area contributed by atoms with Gasteiger partial charge in [-0.15, -0.1) is 6.42 Å². The maximum absolute atomic E-state index is 14.1. The van der Waals surface area contributed by atoms with E-state index in [9.17, 15) is 17.6 Å². The normalized spacial score (nSPS) is 13.3. The van der Waals surface area contributed by atoms with Crippen molar-refractivity contribution in [2.45, 2.75) is 37.8 Å². The number of terminal acetylenes is 1. The molecule has 0 aliphatic carbocycles. The van der Waals surface area contributed by atoms with Gasteiger partial charge in [0.1, 0.15) is 5.75 Å². The Kier molecular flexibility index (Phi) is 6.70. The molecule has 5 heteroatoms. The molecule has 0 spiro atoms. The van der Waals surface area contributed by atoms with Gasteiger partial charge in [-0.3, -0.25) is 0 Å². The lowest BCUT2D eigenvalue weighted by atomic mass is 9.78. The largest absolute Gasteiger partial charge is 0.454 e. The van der Waals surface area contributed by atoms with Crippen molar-refractivity contribution < 1.29 is 22.3 Å². The molecule has 0 fully saturated rings. The molecule has 0 N–H and O–H groups in total. The van der Waals surface area contributed by atoms with Crippen LogP contribution in [0.25, 0.3) is 0 Å². The SMILES string of the molecule is C#CC(C)(CCCc1ccc(F)c(Oc2ccccc2)c1)c1ccc(C(F)(F)F)cc1. The molecule has 0 aliphatic heterocycles. The van der Waals surface area contributed by atoms with Gasteiger partial charge in [0.05, 0.1) is 11.0 Å². The summed E-state index contributed by atoms with van der Waals surface area (Å²) in [5, 5.41) is 0. The van der Waals surface area contributed by atoms with Crippen LogP contribution in [0.2, 0.25) is 0 Å². The molecule has 0 radical (unpaired) electrons. The highest BCUT2D eigenvalue weighted by Gasteiger charge is 2.31. The van der Waals surface area contributed by atoms with E-state index in [0.29, 0.717) is 30.6 Å². The van der Waals surface area contributed by atoms with E-state index in [-0.39, 0.29) is 5.75 Å². The van der Waals surface area contributed by atoms with Crippen molar-refractivity contribution in [3.63, 3.8) is 0 Å². The zero-order valence-corrected chi connectivity index (χ0v) is 17.0. The highest BCUT2D eigenvalue weighted by molar-refractivity contribution is 5.37. The molecular formula is C26H22F4O. The van der Waals surface area contributed by atoms with E-state index in [1.807, 2.05) is 13.0 Å². The van der Waals surface area contributed by atoms with Gasteiger partial charge in [0.25, 0.3) is 0 Å². The van der Waals surface area contributed by atoms with E-state index >= 15 is 0 Å². The summed E-state index contributed by atoms with van der Waals surface area (Å²) < 4.78 is 58.2. The number of para-hydroxylation sites is 1. The minimum absolute atomic E-state index is 0.145. The Morgan fingerprint density at radius 3 is 2.16 bits per heavy atom. The summed E-state index contributed by atoms with van der Waals surface area (Å²) in [6, 6.07) is 18.6. The molecule has 160 valence electrons. The van der Waals surface area contributed by atoms with Crippen LogP contribution in [0.1, 0.15) is 36.5 Å². The molecule has 0 saturated carbocycles. The first-order chi connectivity index (χ1) is 14.7. The van der Waals surface area contributed by atoms with E-state index in [0.717, 1.165) is 17.7 Å². The zero-order chi connectivity index (χ0) is 22.5. The van der Waals surface area contributed by atoms with Crippen molar-refractivity contribution in [3.8, 4) is 23.8 Å². The predicted octanol–water partition coefficient (Wildman–Crippen LogP) is 7.55. The molecule has 0 aromatic heterocycles. The number of rotatable bonds is 7. The van der Waals surface area contributed by atoms with Crippen molar-refractivity contribution in [3.05, 3.63) is 95.3 Å². The molecule has 3 rings (SSSR count). The molecule has 3 aromatic rings. The molecule has 0 aliphatic rings. The third kappa shape index (κ3) is 5.67. The Hall–Kier alpha value is -3.26. The van der Waals surface area contributed by atoms with E-state index < -0.39 is 23.0 Å². The fourth-order valence-electron chi connectivity index (χ4n) is 3.37. The van der Waals surface area contributed by atoms with E-state index in [2.05, 4.69) is 5.92 Å². The summed E-state index contributed by atoms with van der Waals surface area (Å²) in [6.07, 6.45) is 3.23. The summed E-state index contributed by atoms with van der Waals surface area (Å²) in [6.45, 7) is 1.84. The number of hydrogen-bond acceptors (Lipinski definition) is 1. The van der Waals surface area contributed by atoms with Gasteiger partial charge in [-0.05, 0) is 73.7 Å². The Morgan fingerprint density at radius 2 is 1.55 bits per heavy atom. The molecule has 0 amide bonds. The van der Waals surface area contributed by atoms with Gasteiger partial charge in [0.2, 0.25) is 0 Å². The topological polar surface area (TPSA) is 9.23 Å². The van der Waals surface area contributed by atoms with Crippen molar-refractivity contribution in [1.82, 2.24) is 0 Å². The average Bonchev–Trinajstić information content (AvgIpc) is 2.76. The van der Waals surface area contributed by atoms with Gasteiger partial charge in [0, 0.05) is 0 Å². The van der Waals surface area contributed by atoms with Crippen molar-refractivity contribution in [2.75, 3.05) is 0 Å². The van der Waals surface area contributed by atoms with E-state index in [4.69, 9.17) is 11.2 Å². The first-order valence-corrected chi connectivity index (χ1v) is 9.88. The molecular weight excluding hydrogens is 404 g/mol. The van der Waals surface area contributed by atoms with Gasteiger partial charge >= 0.3 is 6.18 Å². The molecule has 3 aromatic carbocycles. The molecule has 1 atom stereocenters. The third-order valence-electron chi connectivity index (χ3n) is 5.28. The molecule has 1 unspecified atom stereocenters. The number of hydrogen-bond donors (Lipinski definition) is 0. The number of ether oxygens (including phenoxy) is 1. The summed E-state index contributed by atoms with van der Waals surface area (Å²) in [7, 11) is 0. The van der Waals surface area contributed by atoms with Crippen molar-refractivity contribution in [2.24, 2.45) is 0 Å². The van der Waals surface area contributed by atoms with Crippen molar-refractivity contribution >= 4 is 0 Å². The smallest absolute Gasteiger partial charge is 0.416 e. The lowest BCUT2D eigenvalue weighted by Gasteiger charge is -2.25. The number of aryl methyl sites for hydroxylation is 1. The minimum atomic E-state index is -4.38. The van der Waals surface area contributed by atoms with Crippen LogP contribution in [0.4, 0.5) is 17.6 Å². The van der Waals surface area contributed by atoms with Crippen LogP contribution in [0, 0.1) is 18.2 Å². The average molecular weight is 426 g/mol.